The third-order valence-electron chi connectivity index (χ3n) is 7.64. The largest absolute Gasteiger partial charge is 0.497 e. The number of nitrogens with zero attached hydrogens (tertiary/aromatic N) is 2. The van der Waals surface area contributed by atoms with E-state index in [2.05, 4.69) is 17.2 Å². The fourth-order valence-electron chi connectivity index (χ4n) is 4.99. The summed E-state index contributed by atoms with van der Waals surface area (Å²) in [5.41, 5.74) is 3.96. The number of methoxy groups -OCH3 is 6. The minimum Gasteiger partial charge on any atom is -0.497 e. The van der Waals surface area contributed by atoms with Crippen LogP contribution in [0.1, 0.15) is 27.2 Å². The van der Waals surface area contributed by atoms with E-state index >= 15 is 0 Å². The first-order chi connectivity index (χ1) is 23.8. The maximum atomic E-state index is 13.5. The van der Waals surface area contributed by atoms with Gasteiger partial charge in [0.05, 0.1) is 42.7 Å². The molecule has 0 aliphatic carbocycles. The molecule has 0 aliphatic heterocycles. The van der Waals surface area contributed by atoms with Crippen LogP contribution in [-0.2, 0) is 13.7 Å². The van der Waals surface area contributed by atoms with Crippen LogP contribution in [0.25, 0.3) is 11.3 Å². The lowest BCUT2D eigenvalue weighted by atomic mass is 10.1. The van der Waals surface area contributed by atoms with Gasteiger partial charge in [-0.25, -0.2) is 4.98 Å². The Morgan fingerprint density at radius 3 is 1.88 bits per heavy atom. The van der Waals surface area contributed by atoms with Crippen LogP contribution in [0, 0.1) is 11.8 Å². The number of aromatic nitrogens is 2. The molecule has 1 amide bonds. The number of benzene rings is 4. The molecule has 1 heterocycles. The molecular formula is C38H37N3O8. The molecule has 11 heteroatoms. The molecule has 0 atom stereocenters. The van der Waals surface area contributed by atoms with Crippen molar-refractivity contribution >= 4 is 11.9 Å². The van der Waals surface area contributed by atoms with Crippen LogP contribution in [0.15, 0.2) is 78.9 Å². The number of imidazole rings is 1. The number of rotatable bonds is 12. The summed E-state index contributed by atoms with van der Waals surface area (Å²) in [6, 6.07) is 23.5. The highest BCUT2D eigenvalue weighted by Gasteiger charge is 2.20. The summed E-state index contributed by atoms with van der Waals surface area (Å²) >= 11 is 0. The second-order valence-corrected chi connectivity index (χ2v) is 10.5. The lowest BCUT2D eigenvalue weighted by Gasteiger charge is -2.16. The zero-order valence-corrected chi connectivity index (χ0v) is 28.4. The highest BCUT2D eigenvalue weighted by atomic mass is 16.5. The van der Waals surface area contributed by atoms with Gasteiger partial charge in [-0.1, -0.05) is 5.92 Å². The Kier molecular flexibility index (Phi) is 10.8. The maximum Gasteiger partial charge on any atom is 0.258 e. The van der Waals surface area contributed by atoms with Gasteiger partial charge in [0, 0.05) is 23.7 Å². The third kappa shape index (κ3) is 7.66. The standard InChI is InChI=1S/C38H37N3O8/c1-41-30(18-10-24-8-14-28(43-2)15-9-24)35(26-11-16-29(44-3)17-12-26)39-38(41)40-37(42)27-13-19-31(32(22-27)45-4)49-23-25-20-33(46-5)36(48-7)34(21-25)47-6/h8-9,11-17,19-22H,23H2,1-7H3,(H,39,40,42). The number of nitrogens with one attached hydrogen (secondary N) is 1. The van der Waals surface area contributed by atoms with E-state index in [1.165, 1.54) is 7.11 Å². The van der Waals surface area contributed by atoms with Gasteiger partial charge < -0.3 is 37.7 Å². The zero-order valence-electron chi connectivity index (χ0n) is 28.4. The van der Waals surface area contributed by atoms with Crippen molar-refractivity contribution in [1.29, 1.82) is 0 Å². The van der Waals surface area contributed by atoms with Crippen LogP contribution >= 0.6 is 0 Å². The Morgan fingerprint density at radius 1 is 0.694 bits per heavy atom. The van der Waals surface area contributed by atoms with Gasteiger partial charge in [-0.2, -0.15) is 0 Å². The Morgan fingerprint density at radius 2 is 1.31 bits per heavy atom. The van der Waals surface area contributed by atoms with E-state index in [1.807, 2.05) is 48.5 Å². The minimum atomic E-state index is -0.390. The molecule has 4 aromatic carbocycles. The first kappa shape index (κ1) is 34.1. The molecule has 0 saturated carbocycles. The van der Waals surface area contributed by atoms with E-state index in [4.69, 9.17) is 38.1 Å². The lowest BCUT2D eigenvalue weighted by Crippen LogP contribution is -2.15. The van der Waals surface area contributed by atoms with Gasteiger partial charge in [0.15, 0.2) is 23.0 Å². The van der Waals surface area contributed by atoms with Crippen LogP contribution in [0.5, 0.6) is 40.2 Å². The number of hydrogen-bond donors (Lipinski definition) is 1. The maximum absolute atomic E-state index is 13.5. The van der Waals surface area contributed by atoms with Crippen molar-refractivity contribution < 1.29 is 38.0 Å². The number of anilines is 1. The minimum absolute atomic E-state index is 0.181. The average Bonchev–Trinajstić information content (AvgIpc) is 3.46. The first-order valence-electron chi connectivity index (χ1n) is 15.1. The average molecular weight is 664 g/mol. The molecular weight excluding hydrogens is 626 g/mol. The number of amides is 1. The molecule has 5 aromatic rings. The predicted molar refractivity (Wildman–Crippen MR) is 186 cm³/mol. The Balaban J connectivity index is 1.40. The number of hydrogen-bond acceptors (Lipinski definition) is 9. The fourth-order valence-corrected chi connectivity index (χ4v) is 4.99. The molecule has 0 spiro atoms. The summed E-state index contributed by atoms with van der Waals surface area (Å²) in [7, 11) is 11.2. The van der Waals surface area contributed by atoms with Gasteiger partial charge >= 0.3 is 0 Å². The quantitative estimate of drug-likeness (QED) is 0.152. The number of carbonyl (C=O) groups excluding carboxylic acids is 1. The summed E-state index contributed by atoms with van der Waals surface area (Å²) in [4.78, 5) is 18.3. The molecule has 1 N–H and O–H groups in total. The second kappa shape index (κ2) is 15.5. The molecule has 49 heavy (non-hydrogen) atoms. The van der Waals surface area contributed by atoms with Crippen molar-refractivity contribution in [3.05, 3.63) is 101 Å². The van der Waals surface area contributed by atoms with Crippen molar-refractivity contribution in [3.8, 4) is 63.3 Å². The summed E-state index contributed by atoms with van der Waals surface area (Å²) in [6.07, 6.45) is 0. The number of carbonyl (C=O) groups is 1. The molecule has 0 aliphatic rings. The van der Waals surface area contributed by atoms with E-state index < -0.39 is 5.91 Å². The topological polar surface area (TPSA) is 112 Å². The molecule has 5 rings (SSSR count). The summed E-state index contributed by atoms with van der Waals surface area (Å²) in [5, 5.41) is 2.93. The zero-order chi connectivity index (χ0) is 34.9. The van der Waals surface area contributed by atoms with Crippen LogP contribution in [0.3, 0.4) is 0 Å². The molecule has 11 nitrogen and oxygen atoms in total. The third-order valence-corrected chi connectivity index (χ3v) is 7.64. The first-order valence-corrected chi connectivity index (χ1v) is 15.1. The molecule has 252 valence electrons. The Labute approximate surface area is 285 Å². The van der Waals surface area contributed by atoms with Gasteiger partial charge in [0.1, 0.15) is 29.5 Å². The van der Waals surface area contributed by atoms with Gasteiger partial charge in [0.2, 0.25) is 11.7 Å². The van der Waals surface area contributed by atoms with Gasteiger partial charge in [-0.05, 0) is 90.3 Å². The normalized spacial score (nSPS) is 10.3. The van der Waals surface area contributed by atoms with Crippen LogP contribution in [0.2, 0.25) is 0 Å². The summed E-state index contributed by atoms with van der Waals surface area (Å²) < 4.78 is 40.3. The van der Waals surface area contributed by atoms with Crippen molar-refractivity contribution in [3.63, 3.8) is 0 Å². The molecule has 1 aromatic heterocycles. The van der Waals surface area contributed by atoms with Crippen LogP contribution in [-0.4, -0.2) is 58.1 Å². The second-order valence-electron chi connectivity index (χ2n) is 10.5. The Bertz CT molecular complexity index is 1970. The summed E-state index contributed by atoms with van der Waals surface area (Å²) in [5.74, 6) is 10.1. The SMILES string of the molecule is COc1ccc(C#Cc2c(-c3ccc(OC)cc3)nc(NC(=O)c3ccc(OCc4cc(OC)c(OC)c(OC)c4)c(OC)c3)n2C)cc1. The van der Waals surface area contributed by atoms with Crippen molar-refractivity contribution in [2.24, 2.45) is 7.05 Å². The predicted octanol–water partition coefficient (Wildman–Crippen LogP) is 6.37. The molecule has 0 radical (unpaired) electrons. The number of ether oxygens (including phenoxy) is 7. The lowest BCUT2D eigenvalue weighted by molar-refractivity contribution is 0.102. The van der Waals surface area contributed by atoms with Crippen LogP contribution in [0.4, 0.5) is 5.95 Å². The molecule has 0 unspecified atom stereocenters. The van der Waals surface area contributed by atoms with E-state index in [-0.39, 0.29) is 6.61 Å². The highest BCUT2D eigenvalue weighted by Crippen LogP contribution is 2.39. The van der Waals surface area contributed by atoms with Crippen molar-refractivity contribution in [1.82, 2.24) is 9.55 Å². The van der Waals surface area contributed by atoms with Gasteiger partial charge in [-0.3, -0.25) is 10.1 Å². The summed E-state index contributed by atoms with van der Waals surface area (Å²) in [6.45, 7) is 0.181. The smallest absolute Gasteiger partial charge is 0.258 e. The van der Waals surface area contributed by atoms with Crippen molar-refractivity contribution in [2.45, 2.75) is 6.61 Å². The van der Waals surface area contributed by atoms with Crippen LogP contribution < -0.4 is 38.5 Å². The van der Waals surface area contributed by atoms with Gasteiger partial charge in [-0.15, -0.1) is 0 Å². The monoisotopic (exact) mass is 663 g/mol. The molecule has 0 saturated heterocycles. The van der Waals surface area contributed by atoms with E-state index in [0.29, 0.717) is 57.4 Å². The Hall–Kier alpha value is -6.28. The van der Waals surface area contributed by atoms with Crippen molar-refractivity contribution in [2.75, 3.05) is 48.0 Å². The van der Waals surface area contributed by atoms with E-state index in [1.54, 1.807) is 77.5 Å². The van der Waals surface area contributed by atoms with E-state index in [0.717, 1.165) is 22.4 Å². The van der Waals surface area contributed by atoms with Gasteiger partial charge in [0.25, 0.3) is 5.91 Å². The highest BCUT2D eigenvalue weighted by molar-refractivity contribution is 6.04. The van der Waals surface area contributed by atoms with E-state index in [9.17, 15) is 4.79 Å². The molecule has 0 fully saturated rings. The molecule has 0 bridgehead atoms. The fraction of sp³-hybridized carbons (Fsp3) is 0.211.